The minimum atomic E-state index is -1.02. The van der Waals surface area contributed by atoms with Crippen molar-refractivity contribution in [2.24, 2.45) is 5.73 Å². The van der Waals surface area contributed by atoms with Crippen LogP contribution in [0.1, 0.15) is 5.56 Å². The Morgan fingerprint density at radius 1 is 1.33 bits per heavy atom. The van der Waals surface area contributed by atoms with Crippen LogP contribution in [0.15, 0.2) is 12.1 Å². The number of aromatic hydroxyl groups is 1. The fraction of sp³-hybridized carbons (Fsp3) is 0.333. The summed E-state index contributed by atoms with van der Waals surface area (Å²) in [6.45, 7) is -0.308. The Morgan fingerprint density at radius 3 is 2.47 bits per heavy atom. The fourth-order valence-corrected chi connectivity index (χ4v) is 1.12. The van der Waals surface area contributed by atoms with Gasteiger partial charge in [0.2, 0.25) is 0 Å². The first kappa shape index (κ1) is 14.1. The van der Waals surface area contributed by atoms with Crippen LogP contribution in [0.25, 0.3) is 0 Å². The van der Waals surface area contributed by atoms with E-state index in [0.29, 0.717) is 6.07 Å². The first-order valence-corrected chi connectivity index (χ1v) is 4.08. The number of benzene rings is 1. The molecule has 6 heteroatoms. The normalized spacial score (nSPS) is 12.0. The zero-order valence-corrected chi connectivity index (χ0v) is 8.60. The second-order valence-corrected chi connectivity index (χ2v) is 3.04. The Balaban J connectivity index is 0.00000196. The van der Waals surface area contributed by atoms with E-state index in [2.05, 4.69) is 0 Å². The lowest BCUT2D eigenvalue weighted by Gasteiger charge is -2.10. The van der Waals surface area contributed by atoms with Gasteiger partial charge in [-0.25, -0.2) is 8.78 Å². The van der Waals surface area contributed by atoms with E-state index in [0.717, 1.165) is 6.07 Å². The van der Waals surface area contributed by atoms with Crippen LogP contribution in [-0.2, 0) is 6.42 Å². The molecule has 0 aliphatic heterocycles. The highest BCUT2D eigenvalue weighted by molar-refractivity contribution is 5.85. The lowest BCUT2D eigenvalue weighted by atomic mass is 10.1. The van der Waals surface area contributed by atoms with Crippen molar-refractivity contribution >= 4 is 12.4 Å². The second-order valence-electron chi connectivity index (χ2n) is 3.04. The Hall–Kier alpha value is -0.910. The van der Waals surface area contributed by atoms with Crippen molar-refractivity contribution in [3.63, 3.8) is 0 Å². The van der Waals surface area contributed by atoms with E-state index in [1.807, 2.05) is 0 Å². The topological polar surface area (TPSA) is 66.5 Å². The van der Waals surface area contributed by atoms with Gasteiger partial charge in [0, 0.05) is 17.7 Å². The Bertz CT molecular complexity index is 336. The molecule has 15 heavy (non-hydrogen) atoms. The van der Waals surface area contributed by atoms with E-state index in [1.54, 1.807) is 0 Å². The summed E-state index contributed by atoms with van der Waals surface area (Å²) in [4.78, 5) is 0. The molecule has 1 unspecified atom stereocenters. The summed E-state index contributed by atoms with van der Waals surface area (Å²) in [5, 5.41) is 17.8. The maximum atomic E-state index is 12.8. The molecule has 1 atom stereocenters. The number of phenolic OH excluding ortho intramolecular Hbond substituents is 1. The van der Waals surface area contributed by atoms with Gasteiger partial charge in [0.25, 0.3) is 0 Å². The molecule has 0 spiro atoms. The molecule has 4 N–H and O–H groups in total. The van der Waals surface area contributed by atoms with Crippen LogP contribution in [0, 0.1) is 11.6 Å². The summed E-state index contributed by atoms with van der Waals surface area (Å²) in [5.41, 5.74) is 5.43. The van der Waals surface area contributed by atoms with Crippen LogP contribution >= 0.6 is 12.4 Å². The summed E-state index contributed by atoms with van der Waals surface area (Å²) >= 11 is 0. The number of phenols is 1. The molecule has 0 saturated carbocycles. The molecule has 0 amide bonds. The zero-order valence-electron chi connectivity index (χ0n) is 7.78. The number of aliphatic hydroxyl groups excluding tert-OH is 1. The van der Waals surface area contributed by atoms with Gasteiger partial charge in [-0.15, -0.1) is 12.4 Å². The molecule has 0 aromatic heterocycles. The minimum absolute atomic E-state index is 0. The van der Waals surface area contributed by atoms with Crippen LogP contribution in [0.3, 0.4) is 0 Å². The highest BCUT2D eigenvalue weighted by Gasteiger charge is 2.12. The van der Waals surface area contributed by atoms with Crippen molar-refractivity contribution in [2.45, 2.75) is 12.5 Å². The largest absolute Gasteiger partial charge is 0.505 e. The molecule has 0 fully saturated rings. The third-order valence-corrected chi connectivity index (χ3v) is 1.82. The third-order valence-electron chi connectivity index (χ3n) is 1.82. The second kappa shape index (κ2) is 5.85. The van der Waals surface area contributed by atoms with Gasteiger partial charge >= 0.3 is 0 Å². The molecule has 1 aromatic carbocycles. The van der Waals surface area contributed by atoms with Crippen molar-refractivity contribution in [1.29, 1.82) is 0 Å². The summed E-state index contributed by atoms with van der Waals surface area (Å²) in [6, 6.07) is 0.944. The smallest absolute Gasteiger partial charge is 0.168 e. The number of rotatable bonds is 3. The van der Waals surface area contributed by atoms with E-state index in [-0.39, 0.29) is 31.0 Å². The lowest BCUT2D eigenvalue weighted by molar-refractivity contribution is 0.264. The summed E-state index contributed by atoms with van der Waals surface area (Å²) in [5.74, 6) is -2.42. The van der Waals surface area contributed by atoms with Gasteiger partial charge < -0.3 is 15.9 Å². The molecule has 1 aromatic rings. The molecule has 3 nitrogen and oxygen atoms in total. The van der Waals surface area contributed by atoms with E-state index in [9.17, 15) is 13.9 Å². The highest BCUT2D eigenvalue weighted by Crippen LogP contribution is 2.23. The molecule has 0 saturated heterocycles. The summed E-state index contributed by atoms with van der Waals surface area (Å²) in [6.07, 6.45) is 0.0248. The first-order valence-electron chi connectivity index (χ1n) is 4.08. The highest BCUT2D eigenvalue weighted by atomic mass is 35.5. The maximum Gasteiger partial charge on any atom is 0.168 e. The summed E-state index contributed by atoms with van der Waals surface area (Å²) in [7, 11) is 0. The molecule has 1 rings (SSSR count). The minimum Gasteiger partial charge on any atom is -0.505 e. The lowest BCUT2D eigenvalue weighted by Crippen LogP contribution is -2.26. The molecule has 0 bridgehead atoms. The SMILES string of the molecule is Cl.NC(CO)Cc1cc(F)cc(F)c1O. The number of halogens is 3. The fourth-order valence-electron chi connectivity index (χ4n) is 1.12. The Morgan fingerprint density at radius 2 is 1.93 bits per heavy atom. The maximum absolute atomic E-state index is 12.8. The van der Waals surface area contributed by atoms with E-state index < -0.39 is 23.4 Å². The number of nitrogens with two attached hydrogens (primary N) is 1. The molecule has 0 aliphatic rings. The van der Waals surface area contributed by atoms with Crippen molar-refractivity contribution < 1.29 is 19.0 Å². The number of aliphatic hydroxyl groups is 1. The van der Waals surface area contributed by atoms with Crippen LogP contribution in [0.5, 0.6) is 5.75 Å². The van der Waals surface area contributed by atoms with Gasteiger partial charge in [0.1, 0.15) is 5.82 Å². The third kappa shape index (κ3) is 3.62. The summed E-state index contributed by atoms with van der Waals surface area (Å²) < 4.78 is 25.5. The van der Waals surface area contributed by atoms with E-state index in [4.69, 9.17) is 10.8 Å². The van der Waals surface area contributed by atoms with Crippen LogP contribution in [0.4, 0.5) is 8.78 Å². The average molecular weight is 240 g/mol. The predicted molar refractivity (Wildman–Crippen MR) is 54.0 cm³/mol. The van der Waals surface area contributed by atoms with E-state index >= 15 is 0 Å². The van der Waals surface area contributed by atoms with Gasteiger partial charge in [-0.1, -0.05) is 0 Å². The quantitative estimate of drug-likeness (QED) is 0.736. The molecule has 0 aliphatic carbocycles. The van der Waals surface area contributed by atoms with Gasteiger partial charge in [-0.2, -0.15) is 0 Å². The number of hydrogen-bond donors (Lipinski definition) is 3. The van der Waals surface area contributed by atoms with Gasteiger partial charge in [0.05, 0.1) is 6.61 Å². The van der Waals surface area contributed by atoms with Gasteiger partial charge in [0.15, 0.2) is 11.6 Å². The molecular weight excluding hydrogens is 228 g/mol. The predicted octanol–water partition coefficient (Wildman–Crippen LogP) is 0.954. The number of hydrogen-bond acceptors (Lipinski definition) is 3. The monoisotopic (exact) mass is 239 g/mol. The molecular formula is C9H12ClF2NO2. The molecule has 0 radical (unpaired) electrons. The Kier molecular flexibility index (Phi) is 5.49. The average Bonchev–Trinajstić information content (AvgIpc) is 2.13. The van der Waals surface area contributed by atoms with Crippen LogP contribution in [0.2, 0.25) is 0 Å². The van der Waals surface area contributed by atoms with Crippen molar-refractivity contribution in [1.82, 2.24) is 0 Å². The van der Waals surface area contributed by atoms with Crippen molar-refractivity contribution in [2.75, 3.05) is 6.61 Å². The Labute approximate surface area is 91.9 Å². The zero-order chi connectivity index (χ0) is 10.7. The standard InChI is InChI=1S/C9H11F2NO2.ClH/c10-6-1-5(2-7(12)4-13)9(14)8(11)3-6;/h1,3,7,13-14H,2,4,12H2;1H. The van der Waals surface area contributed by atoms with E-state index in [1.165, 1.54) is 0 Å². The first-order chi connectivity index (χ1) is 6.54. The van der Waals surface area contributed by atoms with Crippen LogP contribution < -0.4 is 5.73 Å². The molecule has 0 heterocycles. The van der Waals surface area contributed by atoms with Gasteiger partial charge in [-0.3, -0.25) is 0 Å². The van der Waals surface area contributed by atoms with Crippen molar-refractivity contribution in [3.8, 4) is 5.75 Å². The molecule has 86 valence electrons. The van der Waals surface area contributed by atoms with Crippen LogP contribution in [-0.4, -0.2) is 22.9 Å². The van der Waals surface area contributed by atoms with Gasteiger partial charge in [-0.05, 0) is 12.5 Å². The van der Waals surface area contributed by atoms with Crippen molar-refractivity contribution in [3.05, 3.63) is 29.3 Å².